The van der Waals surface area contributed by atoms with Gasteiger partial charge in [0.15, 0.2) is 6.61 Å². The van der Waals surface area contributed by atoms with Crippen molar-refractivity contribution in [1.82, 2.24) is 10.0 Å². The lowest BCUT2D eigenvalue weighted by molar-refractivity contribution is -0.147. The molecule has 0 bridgehead atoms. The standard InChI is InChI=1S/C20H28N2O5S/c1-15-7-6-10-18(16(15)2)22-19(23)14-27-20(24)13-21-28(25,26)12-11-17-8-4-3-5-9-17/h3-5,8-9,11-12,15-16,18,21H,6-7,10,13-14H2,1-2H3,(H,22,23). The molecule has 1 fully saturated rings. The Bertz CT molecular complexity index is 792. The minimum Gasteiger partial charge on any atom is -0.455 e. The highest BCUT2D eigenvalue weighted by molar-refractivity contribution is 7.92. The first-order valence-corrected chi connectivity index (χ1v) is 11.0. The molecule has 0 spiro atoms. The first-order valence-electron chi connectivity index (χ1n) is 9.44. The van der Waals surface area contributed by atoms with Gasteiger partial charge in [-0.3, -0.25) is 9.59 Å². The van der Waals surface area contributed by atoms with Crippen LogP contribution in [-0.4, -0.2) is 39.5 Å². The Morgan fingerprint density at radius 1 is 1.18 bits per heavy atom. The van der Waals surface area contributed by atoms with Gasteiger partial charge in [-0.2, -0.15) is 0 Å². The van der Waals surface area contributed by atoms with Crippen LogP contribution in [0.3, 0.4) is 0 Å². The van der Waals surface area contributed by atoms with Crippen LogP contribution < -0.4 is 10.0 Å². The molecule has 0 radical (unpaired) electrons. The number of rotatable bonds is 8. The zero-order chi connectivity index (χ0) is 20.6. The number of amides is 1. The highest BCUT2D eigenvalue weighted by Gasteiger charge is 2.28. The van der Waals surface area contributed by atoms with Crippen LogP contribution in [0.4, 0.5) is 0 Å². The first-order chi connectivity index (χ1) is 13.3. The SMILES string of the molecule is CC1CCCC(NC(=O)COC(=O)CNS(=O)(=O)C=Cc2ccccc2)C1C. The van der Waals surface area contributed by atoms with E-state index in [1.54, 1.807) is 24.3 Å². The maximum Gasteiger partial charge on any atom is 0.321 e. The van der Waals surface area contributed by atoms with Gasteiger partial charge in [0.2, 0.25) is 10.0 Å². The summed E-state index contributed by atoms with van der Waals surface area (Å²) < 4.78 is 30.8. The average molecular weight is 409 g/mol. The molecule has 154 valence electrons. The molecule has 0 aliphatic heterocycles. The maximum absolute atomic E-state index is 12.0. The normalized spacial score (nSPS) is 22.7. The number of sulfonamides is 1. The summed E-state index contributed by atoms with van der Waals surface area (Å²) >= 11 is 0. The van der Waals surface area contributed by atoms with Gasteiger partial charge in [0.1, 0.15) is 6.54 Å². The summed E-state index contributed by atoms with van der Waals surface area (Å²) in [7, 11) is -3.78. The summed E-state index contributed by atoms with van der Waals surface area (Å²) in [4.78, 5) is 23.7. The molecule has 8 heteroatoms. The molecule has 3 atom stereocenters. The third-order valence-electron chi connectivity index (χ3n) is 5.07. The van der Waals surface area contributed by atoms with Gasteiger partial charge >= 0.3 is 5.97 Å². The van der Waals surface area contributed by atoms with Crippen molar-refractivity contribution in [3.63, 3.8) is 0 Å². The van der Waals surface area contributed by atoms with Gasteiger partial charge in [-0.1, -0.05) is 57.0 Å². The van der Waals surface area contributed by atoms with Crippen LogP contribution in [0, 0.1) is 11.8 Å². The number of hydrogen-bond acceptors (Lipinski definition) is 5. The number of nitrogens with one attached hydrogen (secondary N) is 2. The molecule has 2 rings (SSSR count). The molecule has 1 aliphatic rings. The number of ether oxygens (including phenoxy) is 1. The number of hydrogen-bond donors (Lipinski definition) is 2. The van der Waals surface area contributed by atoms with Crippen molar-refractivity contribution in [2.24, 2.45) is 11.8 Å². The molecule has 1 amide bonds. The summed E-state index contributed by atoms with van der Waals surface area (Å²) in [6.07, 6.45) is 4.56. The lowest BCUT2D eigenvalue weighted by atomic mass is 9.78. The Hall–Kier alpha value is -2.19. The van der Waals surface area contributed by atoms with Crippen molar-refractivity contribution in [2.45, 2.75) is 39.2 Å². The van der Waals surface area contributed by atoms with E-state index in [9.17, 15) is 18.0 Å². The molecule has 1 aromatic carbocycles. The molecular weight excluding hydrogens is 380 g/mol. The van der Waals surface area contributed by atoms with Gasteiger partial charge in [0, 0.05) is 11.4 Å². The fourth-order valence-electron chi connectivity index (χ4n) is 3.17. The molecule has 0 aromatic heterocycles. The van der Waals surface area contributed by atoms with Gasteiger partial charge in [0.25, 0.3) is 5.91 Å². The lowest BCUT2D eigenvalue weighted by Gasteiger charge is -2.34. The summed E-state index contributed by atoms with van der Waals surface area (Å²) in [5.74, 6) is -0.264. The third kappa shape index (κ3) is 7.44. The zero-order valence-corrected chi connectivity index (χ0v) is 17.1. The van der Waals surface area contributed by atoms with E-state index in [-0.39, 0.29) is 11.9 Å². The van der Waals surface area contributed by atoms with Crippen LogP contribution in [0.1, 0.15) is 38.7 Å². The van der Waals surface area contributed by atoms with Gasteiger partial charge in [0.05, 0.1) is 0 Å². The van der Waals surface area contributed by atoms with Crippen molar-refractivity contribution in [1.29, 1.82) is 0 Å². The van der Waals surface area contributed by atoms with E-state index in [4.69, 9.17) is 4.74 Å². The minimum atomic E-state index is -3.78. The Balaban J connectivity index is 1.71. The molecule has 1 aromatic rings. The summed E-state index contributed by atoms with van der Waals surface area (Å²) in [6.45, 7) is 3.32. The van der Waals surface area contributed by atoms with Crippen molar-refractivity contribution in [2.75, 3.05) is 13.2 Å². The number of carbonyl (C=O) groups excluding carboxylic acids is 2. The second-order valence-electron chi connectivity index (χ2n) is 7.18. The van der Waals surface area contributed by atoms with Crippen molar-refractivity contribution >= 4 is 28.0 Å². The van der Waals surface area contributed by atoms with Crippen LogP contribution in [0.5, 0.6) is 0 Å². The molecule has 28 heavy (non-hydrogen) atoms. The predicted octanol–water partition coefficient (Wildman–Crippen LogP) is 2.06. The van der Waals surface area contributed by atoms with Crippen molar-refractivity contribution in [3.05, 3.63) is 41.3 Å². The zero-order valence-electron chi connectivity index (χ0n) is 16.3. The Morgan fingerprint density at radius 2 is 1.89 bits per heavy atom. The van der Waals surface area contributed by atoms with E-state index in [0.717, 1.165) is 30.2 Å². The van der Waals surface area contributed by atoms with E-state index < -0.39 is 29.1 Å². The molecule has 1 aliphatic carbocycles. The minimum absolute atomic E-state index is 0.0802. The van der Waals surface area contributed by atoms with Gasteiger partial charge in [-0.15, -0.1) is 0 Å². The monoisotopic (exact) mass is 408 g/mol. The topological polar surface area (TPSA) is 102 Å². The van der Waals surface area contributed by atoms with E-state index in [1.165, 1.54) is 6.08 Å². The van der Waals surface area contributed by atoms with Gasteiger partial charge < -0.3 is 10.1 Å². The van der Waals surface area contributed by atoms with Crippen molar-refractivity contribution < 1.29 is 22.7 Å². The van der Waals surface area contributed by atoms with Crippen LogP contribution in [0.15, 0.2) is 35.7 Å². The Labute approximate surface area is 166 Å². The average Bonchev–Trinajstić information content (AvgIpc) is 2.68. The molecule has 1 saturated carbocycles. The van der Waals surface area contributed by atoms with E-state index in [0.29, 0.717) is 11.8 Å². The van der Waals surface area contributed by atoms with Crippen LogP contribution in [0.2, 0.25) is 0 Å². The summed E-state index contributed by atoms with van der Waals surface area (Å²) in [5, 5.41) is 3.88. The van der Waals surface area contributed by atoms with Crippen molar-refractivity contribution in [3.8, 4) is 0 Å². The summed E-state index contributed by atoms with van der Waals surface area (Å²) in [6, 6.07) is 9.00. The first kappa shape index (κ1) is 22.1. The van der Waals surface area contributed by atoms with E-state index >= 15 is 0 Å². The lowest BCUT2D eigenvalue weighted by Crippen LogP contribution is -2.45. The van der Waals surface area contributed by atoms with Gasteiger partial charge in [-0.05, 0) is 29.9 Å². The third-order valence-corrected chi connectivity index (χ3v) is 6.12. The molecule has 0 heterocycles. The molecule has 3 unspecified atom stereocenters. The molecule has 7 nitrogen and oxygen atoms in total. The van der Waals surface area contributed by atoms with Gasteiger partial charge in [-0.25, -0.2) is 13.1 Å². The van der Waals surface area contributed by atoms with E-state index in [1.807, 2.05) is 6.07 Å². The highest BCUT2D eigenvalue weighted by atomic mass is 32.2. The maximum atomic E-state index is 12.0. The van der Waals surface area contributed by atoms with Crippen LogP contribution in [0.25, 0.3) is 6.08 Å². The number of benzene rings is 1. The second kappa shape index (κ2) is 10.4. The number of esters is 1. The highest BCUT2D eigenvalue weighted by Crippen LogP contribution is 2.29. The molecule has 0 saturated heterocycles. The Morgan fingerprint density at radius 3 is 2.61 bits per heavy atom. The fourth-order valence-corrected chi connectivity index (χ4v) is 3.92. The quantitative estimate of drug-likeness (QED) is 0.641. The Kier molecular flexibility index (Phi) is 8.19. The van der Waals surface area contributed by atoms with E-state index in [2.05, 4.69) is 23.9 Å². The second-order valence-corrected chi connectivity index (χ2v) is 8.83. The predicted molar refractivity (Wildman–Crippen MR) is 107 cm³/mol. The smallest absolute Gasteiger partial charge is 0.321 e. The number of carbonyl (C=O) groups is 2. The molecule has 2 N–H and O–H groups in total. The summed E-state index contributed by atoms with van der Waals surface area (Å²) in [5.41, 5.74) is 0.721. The molecular formula is C20H28N2O5S. The van der Waals surface area contributed by atoms with Crippen LogP contribution in [-0.2, 0) is 24.3 Å². The largest absolute Gasteiger partial charge is 0.455 e. The van der Waals surface area contributed by atoms with Crippen LogP contribution >= 0.6 is 0 Å². The fraction of sp³-hybridized carbons (Fsp3) is 0.500.